The molecular formula is C51H38. The fourth-order valence-corrected chi connectivity index (χ4v) is 8.92. The molecule has 2 atom stereocenters. The van der Waals surface area contributed by atoms with Gasteiger partial charge >= 0.3 is 0 Å². The molecular weight excluding hydrogens is 613 g/mol. The molecule has 0 saturated carbocycles. The molecule has 10 rings (SSSR count). The maximum absolute atomic E-state index is 2.59. The molecule has 0 aromatic heterocycles. The third kappa shape index (κ3) is 5.22. The number of hydrogen-bond donors (Lipinski definition) is 0. The fraction of sp³-hybridized carbons (Fsp3) is 0.0980. The van der Waals surface area contributed by atoms with Gasteiger partial charge in [-0.2, -0.15) is 0 Å². The molecule has 51 heavy (non-hydrogen) atoms. The van der Waals surface area contributed by atoms with Crippen molar-refractivity contribution in [2.24, 2.45) is 11.8 Å². The number of allylic oxidation sites excluding steroid dienone is 8. The molecule has 0 spiro atoms. The van der Waals surface area contributed by atoms with E-state index >= 15 is 0 Å². The Morgan fingerprint density at radius 3 is 1.88 bits per heavy atom. The smallest absolute Gasteiger partial charge is 0.0140 e. The summed E-state index contributed by atoms with van der Waals surface area (Å²) in [6.07, 6.45) is 17.8. The van der Waals surface area contributed by atoms with Gasteiger partial charge in [0.1, 0.15) is 0 Å². The first-order valence-corrected chi connectivity index (χ1v) is 18.4. The van der Waals surface area contributed by atoms with Crippen molar-refractivity contribution in [3.05, 3.63) is 215 Å². The van der Waals surface area contributed by atoms with Crippen LogP contribution in [0.25, 0.3) is 54.6 Å². The van der Waals surface area contributed by atoms with E-state index in [1.54, 1.807) is 0 Å². The van der Waals surface area contributed by atoms with Crippen LogP contribution in [0.2, 0.25) is 0 Å². The first kappa shape index (κ1) is 29.9. The highest BCUT2D eigenvalue weighted by Crippen LogP contribution is 2.43. The summed E-state index contributed by atoms with van der Waals surface area (Å²) >= 11 is 0. The Labute approximate surface area is 299 Å². The Morgan fingerprint density at radius 2 is 1.10 bits per heavy atom. The van der Waals surface area contributed by atoms with Crippen molar-refractivity contribution in [1.29, 1.82) is 0 Å². The van der Waals surface area contributed by atoms with Gasteiger partial charge in [0.05, 0.1) is 0 Å². The van der Waals surface area contributed by atoms with Crippen molar-refractivity contribution in [3.8, 4) is 11.1 Å². The van der Waals surface area contributed by atoms with Gasteiger partial charge in [0.2, 0.25) is 0 Å². The summed E-state index contributed by atoms with van der Waals surface area (Å²) < 4.78 is 0. The molecule has 0 saturated heterocycles. The molecule has 0 nitrogen and oxygen atoms in total. The second-order valence-electron chi connectivity index (χ2n) is 14.3. The summed E-state index contributed by atoms with van der Waals surface area (Å²) in [5.74, 6) is 0.460. The quantitative estimate of drug-likeness (QED) is 0.163. The summed E-state index contributed by atoms with van der Waals surface area (Å²) in [6, 6.07) is 54.3. The molecule has 242 valence electrons. The summed E-state index contributed by atoms with van der Waals surface area (Å²) in [5.41, 5.74) is 10.8. The lowest BCUT2D eigenvalue weighted by molar-refractivity contribution is 0.677. The van der Waals surface area contributed by atoms with Crippen molar-refractivity contribution in [2.45, 2.75) is 19.3 Å². The molecule has 0 aliphatic heterocycles. The largest absolute Gasteiger partial charge is 0.0840 e. The van der Waals surface area contributed by atoms with Crippen LogP contribution in [0.3, 0.4) is 0 Å². The van der Waals surface area contributed by atoms with E-state index < -0.39 is 0 Å². The zero-order valence-corrected chi connectivity index (χ0v) is 28.6. The van der Waals surface area contributed by atoms with Crippen LogP contribution >= 0.6 is 0 Å². The second-order valence-corrected chi connectivity index (χ2v) is 14.3. The Morgan fingerprint density at radius 1 is 0.451 bits per heavy atom. The predicted molar refractivity (Wildman–Crippen MR) is 217 cm³/mol. The van der Waals surface area contributed by atoms with Crippen LogP contribution in [0.15, 0.2) is 193 Å². The van der Waals surface area contributed by atoms with E-state index in [4.69, 9.17) is 0 Å². The summed E-state index contributed by atoms with van der Waals surface area (Å²) in [5, 5.41) is 10.4. The lowest BCUT2D eigenvalue weighted by Crippen LogP contribution is -2.40. The van der Waals surface area contributed by atoms with Crippen LogP contribution in [0.1, 0.15) is 30.4 Å². The highest BCUT2D eigenvalue weighted by Gasteiger charge is 2.33. The van der Waals surface area contributed by atoms with Gasteiger partial charge in [0, 0.05) is 11.8 Å². The normalized spacial score (nSPS) is 18.1. The Bertz CT molecular complexity index is 2770. The van der Waals surface area contributed by atoms with Crippen molar-refractivity contribution >= 4 is 43.5 Å². The first-order valence-electron chi connectivity index (χ1n) is 18.4. The topological polar surface area (TPSA) is 0 Å². The molecule has 7 aromatic carbocycles. The minimum Gasteiger partial charge on any atom is -0.0840 e. The molecule has 3 aliphatic rings. The monoisotopic (exact) mass is 650 g/mol. The van der Waals surface area contributed by atoms with E-state index in [1.807, 2.05) is 0 Å². The molecule has 0 N–H and O–H groups in total. The highest BCUT2D eigenvalue weighted by atomic mass is 14.4. The molecule has 0 heterocycles. The average molecular weight is 651 g/mol. The molecule has 0 amide bonds. The Kier molecular flexibility index (Phi) is 7.27. The molecule has 3 aliphatic carbocycles. The minimum absolute atomic E-state index is 0.224. The molecule has 0 bridgehead atoms. The minimum atomic E-state index is 0.224. The molecule has 0 fully saturated rings. The van der Waals surface area contributed by atoms with Gasteiger partial charge in [0.15, 0.2) is 0 Å². The van der Waals surface area contributed by atoms with Crippen LogP contribution in [-0.2, 0) is 0 Å². The van der Waals surface area contributed by atoms with Gasteiger partial charge in [0.25, 0.3) is 0 Å². The summed E-state index contributed by atoms with van der Waals surface area (Å²) in [7, 11) is 0. The van der Waals surface area contributed by atoms with Crippen LogP contribution < -0.4 is 10.4 Å². The van der Waals surface area contributed by atoms with Gasteiger partial charge in [-0.05, 0) is 119 Å². The van der Waals surface area contributed by atoms with Crippen LogP contribution in [0.4, 0.5) is 0 Å². The van der Waals surface area contributed by atoms with E-state index in [0.717, 1.165) is 19.3 Å². The standard InChI is InChI=1S/C51H38/c1-2-12-34(13-3-1)30-35-22-29-47-49(31-35)50(45-20-10-11-21-46(45)51(47)41-28-23-36-14-4-5-15-39(36)32-41)38-26-24-37(25-27-38)48-33-40-16-6-7-17-42(40)43-18-8-9-19-44(43)48/h2,4-29,31-33,47,49H,1,3,30H2. The molecule has 0 heteroatoms. The Hall–Kier alpha value is -5.98. The number of rotatable bonds is 5. The number of fused-ring (bicyclic) bond motifs is 6. The molecule has 2 unspecified atom stereocenters. The van der Waals surface area contributed by atoms with Gasteiger partial charge in [-0.15, -0.1) is 0 Å². The zero-order chi connectivity index (χ0) is 33.7. The van der Waals surface area contributed by atoms with E-state index in [2.05, 4.69) is 182 Å². The van der Waals surface area contributed by atoms with Crippen LogP contribution in [-0.4, -0.2) is 0 Å². The lowest BCUT2D eigenvalue weighted by Gasteiger charge is -2.35. The van der Waals surface area contributed by atoms with Crippen molar-refractivity contribution in [1.82, 2.24) is 0 Å². The molecule has 7 aromatic rings. The van der Waals surface area contributed by atoms with Gasteiger partial charge in [-0.3, -0.25) is 0 Å². The van der Waals surface area contributed by atoms with E-state index in [0.29, 0.717) is 0 Å². The van der Waals surface area contributed by atoms with Crippen molar-refractivity contribution < 1.29 is 0 Å². The molecule has 0 radical (unpaired) electrons. The van der Waals surface area contributed by atoms with Crippen molar-refractivity contribution in [3.63, 3.8) is 0 Å². The fourth-order valence-electron chi connectivity index (χ4n) is 8.92. The summed E-state index contributed by atoms with van der Waals surface area (Å²) in [6.45, 7) is 0. The van der Waals surface area contributed by atoms with Crippen LogP contribution in [0, 0.1) is 11.8 Å². The van der Waals surface area contributed by atoms with Gasteiger partial charge in [-0.25, -0.2) is 0 Å². The zero-order valence-electron chi connectivity index (χ0n) is 28.6. The Balaban J connectivity index is 1.17. The third-order valence-electron chi connectivity index (χ3n) is 11.3. The maximum atomic E-state index is 2.59. The number of hydrogen-bond acceptors (Lipinski definition) is 0. The number of benzene rings is 7. The second kappa shape index (κ2) is 12.4. The van der Waals surface area contributed by atoms with Gasteiger partial charge in [-0.1, -0.05) is 170 Å². The highest BCUT2D eigenvalue weighted by molar-refractivity contribution is 6.13. The first-order chi connectivity index (χ1) is 25.3. The lowest BCUT2D eigenvalue weighted by atomic mass is 9.68. The van der Waals surface area contributed by atoms with E-state index in [1.165, 1.54) is 87.3 Å². The average Bonchev–Trinajstić information content (AvgIpc) is 3.20. The van der Waals surface area contributed by atoms with Crippen LogP contribution in [0.5, 0.6) is 0 Å². The third-order valence-corrected chi connectivity index (χ3v) is 11.3. The van der Waals surface area contributed by atoms with Gasteiger partial charge < -0.3 is 0 Å². The van der Waals surface area contributed by atoms with Crippen molar-refractivity contribution in [2.75, 3.05) is 0 Å². The van der Waals surface area contributed by atoms with E-state index in [-0.39, 0.29) is 11.8 Å². The summed E-state index contributed by atoms with van der Waals surface area (Å²) in [4.78, 5) is 0. The maximum Gasteiger partial charge on any atom is 0.0140 e. The van der Waals surface area contributed by atoms with E-state index in [9.17, 15) is 0 Å². The predicted octanol–water partition coefficient (Wildman–Crippen LogP) is 11.6. The SMILES string of the molecule is C1=CC(CC2=CC3C(c4ccc(-c5cc6ccccc6c6ccccc56)cc4)=c4ccccc4=C(c4ccc5ccccc5c4)C3C=C2)=CCC1.